The van der Waals surface area contributed by atoms with Crippen LogP contribution >= 0.6 is 0 Å². The molecule has 3 aromatic rings. The van der Waals surface area contributed by atoms with E-state index >= 15 is 0 Å². The fourth-order valence-electron chi connectivity index (χ4n) is 3.19. The van der Waals surface area contributed by atoms with Crippen LogP contribution in [0.4, 0.5) is 0 Å². The number of carbonyl (C=O) groups excluding carboxylic acids is 1. The van der Waals surface area contributed by atoms with Crippen molar-refractivity contribution in [1.29, 1.82) is 0 Å². The normalized spacial score (nSPS) is 12.6. The lowest BCUT2D eigenvalue weighted by molar-refractivity contribution is -0.123. The first-order valence-corrected chi connectivity index (χ1v) is 8.86. The summed E-state index contributed by atoms with van der Waals surface area (Å²) in [5.41, 5.74) is 1.14. The number of rotatable bonds is 7. The van der Waals surface area contributed by atoms with Crippen molar-refractivity contribution in [1.82, 2.24) is 19.7 Å². The molecule has 0 aliphatic carbocycles. The van der Waals surface area contributed by atoms with Crippen LogP contribution in [0.5, 0.6) is 0 Å². The van der Waals surface area contributed by atoms with Gasteiger partial charge in [-0.15, -0.1) is 0 Å². The zero-order valence-corrected chi connectivity index (χ0v) is 15.4. The summed E-state index contributed by atoms with van der Waals surface area (Å²) in [6.07, 6.45) is 2.44. The van der Waals surface area contributed by atoms with Crippen LogP contribution in [0.15, 0.2) is 35.3 Å². The smallest absolute Gasteiger partial charge is 0.291 e. The van der Waals surface area contributed by atoms with Gasteiger partial charge in [0.2, 0.25) is 5.91 Å². The van der Waals surface area contributed by atoms with Gasteiger partial charge in [-0.1, -0.05) is 18.2 Å². The van der Waals surface area contributed by atoms with E-state index in [-0.39, 0.29) is 11.5 Å². The van der Waals surface area contributed by atoms with E-state index in [1.54, 1.807) is 13.2 Å². The van der Waals surface area contributed by atoms with Gasteiger partial charge < -0.3 is 14.6 Å². The highest BCUT2D eigenvalue weighted by molar-refractivity contribution is 6.08. The Morgan fingerprint density at radius 2 is 2.08 bits per heavy atom. The van der Waals surface area contributed by atoms with Gasteiger partial charge >= 0.3 is 0 Å². The highest BCUT2D eigenvalue weighted by Gasteiger charge is 2.22. The Labute approximate surface area is 151 Å². The molecular formula is C19H24N4O3. The lowest BCUT2D eigenvalue weighted by atomic mass is 10.2. The molecule has 1 aromatic carbocycles. The number of benzene rings is 1. The molecule has 0 saturated heterocycles. The molecule has 1 N–H and O–H groups in total. The highest BCUT2D eigenvalue weighted by Crippen LogP contribution is 2.29. The molecule has 1 amide bonds. The molecule has 7 nitrogen and oxygen atoms in total. The van der Waals surface area contributed by atoms with E-state index in [2.05, 4.69) is 10.4 Å². The van der Waals surface area contributed by atoms with E-state index in [9.17, 15) is 9.59 Å². The van der Waals surface area contributed by atoms with Crippen LogP contribution in [-0.2, 0) is 16.6 Å². The average molecular weight is 356 g/mol. The molecule has 2 aromatic heterocycles. The Kier molecular flexibility index (Phi) is 5.37. The van der Waals surface area contributed by atoms with Crippen molar-refractivity contribution < 1.29 is 9.53 Å². The van der Waals surface area contributed by atoms with Gasteiger partial charge in [0, 0.05) is 37.6 Å². The monoisotopic (exact) mass is 356 g/mol. The molecule has 1 atom stereocenters. The summed E-state index contributed by atoms with van der Waals surface area (Å²) < 4.78 is 8.39. The van der Waals surface area contributed by atoms with Gasteiger partial charge in [0.15, 0.2) is 0 Å². The summed E-state index contributed by atoms with van der Waals surface area (Å²) in [7, 11) is 1.61. The molecule has 0 aliphatic rings. The number of hydrogen-bond donors (Lipinski definition) is 1. The van der Waals surface area contributed by atoms with Crippen molar-refractivity contribution in [2.75, 3.05) is 19.8 Å². The van der Waals surface area contributed by atoms with Gasteiger partial charge in [0.1, 0.15) is 11.6 Å². The molecule has 0 spiro atoms. The van der Waals surface area contributed by atoms with E-state index < -0.39 is 6.04 Å². The number of fused-ring (bicyclic) bond motifs is 3. The summed E-state index contributed by atoms with van der Waals surface area (Å²) in [6.45, 7) is 5.58. The highest BCUT2D eigenvalue weighted by atomic mass is 16.5. The predicted molar refractivity (Wildman–Crippen MR) is 101 cm³/mol. The van der Waals surface area contributed by atoms with E-state index in [1.165, 1.54) is 4.68 Å². The number of amides is 1. The molecule has 0 fully saturated rings. The zero-order chi connectivity index (χ0) is 18.7. The third kappa shape index (κ3) is 3.22. The van der Waals surface area contributed by atoms with Crippen LogP contribution in [0.1, 0.15) is 26.3 Å². The third-order valence-electron chi connectivity index (χ3n) is 4.54. The van der Waals surface area contributed by atoms with Gasteiger partial charge in [0.05, 0.1) is 11.7 Å². The number of carbonyl (C=O) groups is 1. The van der Waals surface area contributed by atoms with Gasteiger partial charge in [-0.2, -0.15) is 5.10 Å². The predicted octanol–water partition coefficient (Wildman–Crippen LogP) is 1.99. The van der Waals surface area contributed by atoms with Crippen molar-refractivity contribution >= 4 is 27.7 Å². The first kappa shape index (κ1) is 18.1. The number of aryl methyl sites for hydroxylation is 1. The SMILES string of the molecule is CCOCCCNC(=O)[C@H](C)n1c2ccccc2c2cnn(C)c(=O)c21. The molecule has 7 heteroatoms. The molecule has 0 radical (unpaired) electrons. The number of nitrogens with one attached hydrogen (secondary N) is 1. The topological polar surface area (TPSA) is 78.2 Å². The van der Waals surface area contributed by atoms with Crippen LogP contribution < -0.4 is 10.9 Å². The lowest BCUT2D eigenvalue weighted by Crippen LogP contribution is -2.33. The first-order chi connectivity index (χ1) is 12.6. The number of ether oxygens (including phenoxy) is 1. The Morgan fingerprint density at radius 3 is 2.85 bits per heavy atom. The minimum Gasteiger partial charge on any atom is -0.382 e. The van der Waals surface area contributed by atoms with Crippen molar-refractivity contribution in [2.24, 2.45) is 7.05 Å². The standard InChI is InChI=1S/C19H24N4O3/c1-4-26-11-7-10-20-18(24)13(2)23-16-9-6-5-8-14(16)15-12-21-22(3)19(25)17(15)23/h5-6,8-9,12-13H,4,7,10-11H2,1-3H3,(H,20,24)/t13-/m0/s1. The summed E-state index contributed by atoms with van der Waals surface area (Å²) in [6, 6.07) is 7.18. The van der Waals surface area contributed by atoms with E-state index in [0.717, 1.165) is 22.7 Å². The van der Waals surface area contributed by atoms with Gasteiger partial charge in [-0.25, -0.2) is 4.68 Å². The second kappa shape index (κ2) is 7.70. The number of aromatic nitrogens is 3. The maximum atomic E-state index is 12.7. The summed E-state index contributed by atoms with van der Waals surface area (Å²) in [4.78, 5) is 25.4. The van der Waals surface area contributed by atoms with Gasteiger partial charge in [0.25, 0.3) is 5.56 Å². The Hall–Kier alpha value is -2.67. The number of para-hydroxylation sites is 1. The van der Waals surface area contributed by atoms with Crippen LogP contribution in [0, 0.1) is 0 Å². The number of nitrogens with zero attached hydrogens (tertiary/aromatic N) is 3. The van der Waals surface area contributed by atoms with E-state index in [0.29, 0.717) is 25.3 Å². The van der Waals surface area contributed by atoms with Crippen LogP contribution in [0.3, 0.4) is 0 Å². The Balaban J connectivity index is 1.98. The van der Waals surface area contributed by atoms with Crippen molar-refractivity contribution in [2.45, 2.75) is 26.3 Å². The maximum Gasteiger partial charge on any atom is 0.291 e. The molecule has 26 heavy (non-hydrogen) atoms. The molecule has 138 valence electrons. The van der Waals surface area contributed by atoms with Crippen molar-refractivity contribution in [3.05, 3.63) is 40.8 Å². The summed E-state index contributed by atoms with van der Waals surface area (Å²) in [5.74, 6) is -0.122. The van der Waals surface area contributed by atoms with Crippen LogP contribution in [-0.4, -0.2) is 40.0 Å². The molecular weight excluding hydrogens is 332 g/mol. The van der Waals surface area contributed by atoms with Crippen LogP contribution in [0.25, 0.3) is 21.8 Å². The zero-order valence-electron chi connectivity index (χ0n) is 15.4. The van der Waals surface area contributed by atoms with Crippen molar-refractivity contribution in [3.63, 3.8) is 0 Å². The summed E-state index contributed by atoms with van der Waals surface area (Å²) >= 11 is 0. The molecule has 0 aliphatic heterocycles. The van der Waals surface area contributed by atoms with Gasteiger partial charge in [-0.05, 0) is 26.3 Å². The largest absolute Gasteiger partial charge is 0.382 e. The van der Waals surface area contributed by atoms with Crippen molar-refractivity contribution in [3.8, 4) is 0 Å². The third-order valence-corrected chi connectivity index (χ3v) is 4.54. The maximum absolute atomic E-state index is 12.7. The van der Waals surface area contributed by atoms with Gasteiger partial charge in [-0.3, -0.25) is 9.59 Å². The average Bonchev–Trinajstić information content (AvgIpc) is 2.99. The molecule has 0 saturated carbocycles. The molecule has 2 heterocycles. The fraction of sp³-hybridized carbons (Fsp3) is 0.421. The van der Waals surface area contributed by atoms with E-state index in [4.69, 9.17) is 4.74 Å². The first-order valence-electron chi connectivity index (χ1n) is 8.86. The molecule has 3 rings (SSSR count). The lowest BCUT2D eigenvalue weighted by Gasteiger charge is -2.16. The second-order valence-electron chi connectivity index (χ2n) is 6.24. The minimum atomic E-state index is -0.514. The van der Waals surface area contributed by atoms with Crippen LogP contribution in [0.2, 0.25) is 0 Å². The minimum absolute atomic E-state index is 0.122. The molecule has 0 bridgehead atoms. The van der Waals surface area contributed by atoms with E-state index in [1.807, 2.05) is 42.7 Å². The Morgan fingerprint density at radius 1 is 1.31 bits per heavy atom. The number of hydrogen-bond acceptors (Lipinski definition) is 4. The quantitative estimate of drug-likeness (QED) is 0.657. The fourth-order valence-corrected chi connectivity index (χ4v) is 3.19. The molecule has 0 unspecified atom stereocenters. The second-order valence-corrected chi connectivity index (χ2v) is 6.24. The summed E-state index contributed by atoms with van der Waals surface area (Å²) in [5, 5.41) is 8.74. The Bertz CT molecular complexity index is 990.